The van der Waals surface area contributed by atoms with Gasteiger partial charge in [-0.2, -0.15) is 0 Å². The summed E-state index contributed by atoms with van der Waals surface area (Å²) in [6.45, 7) is 0. The Morgan fingerprint density at radius 3 is 2.33 bits per heavy atom. The summed E-state index contributed by atoms with van der Waals surface area (Å²) in [5.41, 5.74) is 0.452. The average molecular weight is 355 g/mol. The zero-order valence-corrected chi connectivity index (χ0v) is 12.0. The van der Waals surface area contributed by atoms with Gasteiger partial charge in [0.1, 0.15) is 17.7 Å². The topological polar surface area (TPSA) is 68.9 Å². The van der Waals surface area contributed by atoms with Gasteiger partial charge in [0.2, 0.25) is 0 Å². The Hall–Kier alpha value is -1.99. The van der Waals surface area contributed by atoms with E-state index in [9.17, 15) is 18.7 Å². The molecule has 1 atom stereocenters. The SMILES string of the molecule is O=c1[nH]c2ccc(C(O)c3c(F)cc(Br)cc3F)cc2[nH]1. The lowest BCUT2D eigenvalue weighted by molar-refractivity contribution is 0.209. The maximum absolute atomic E-state index is 13.9. The van der Waals surface area contributed by atoms with Gasteiger partial charge in [-0.3, -0.25) is 0 Å². The van der Waals surface area contributed by atoms with Crippen LogP contribution >= 0.6 is 15.9 Å². The zero-order valence-electron chi connectivity index (χ0n) is 10.5. The molecule has 0 spiro atoms. The number of nitrogens with one attached hydrogen (secondary N) is 2. The van der Waals surface area contributed by atoms with Crippen molar-refractivity contribution >= 4 is 27.0 Å². The van der Waals surface area contributed by atoms with Gasteiger partial charge < -0.3 is 15.1 Å². The molecule has 7 heteroatoms. The minimum atomic E-state index is -1.47. The normalized spacial score (nSPS) is 12.8. The minimum absolute atomic E-state index is 0.249. The van der Waals surface area contributed by atoms with Gasteiger partial charge in [-0.1, -0.05) is 22.0 Å². The van der Waals surface area contributed by atoms with Gasteiger partial charge in [-0.05, 0) is 29.8 Å². The van der Waals surface area contributed by atoms with E-state index in [-0.39, 0.29) is 10.0 Å². The Balaban J connectivity index is 2.11. The van der Waals surface area contributed by atoms with E-state index >= 15 is 0 Å². The zero-order chi connectivity index (χ0) is 15.1. The van der Waals surface area contributed by atoms with Crippen molar-refractivity contribution in [2.75, 3.05) is 0 Å². The van der Waals surface area contributed by atoms with Gasteiger partial charge in [-0.15, -0.1) is 0 Å². The van der Waals surface area contributed by atoms with Crippen LogP contribution in [0.3, 0.4) is 0 Å². The molecular formula is C14H9BrF2N2O2. The molecule has 108 valence electrons. The van der Waals surface area contributed by atoms with E-state index in [2.05, 4.69) is 25.9 Å². The molecule has 3 rings (SSSR count). The lowest BCUT2D eigenvalue weighted by atomic mass is 10.00. The summed E-state index contributed by atoms with van der Waals surface area (Å²) in [7, 11) is 0. The Labute approximate surface area is 125 Å². The number of aliphatic hydroxyl groups excluding tert-OH is 1. The van der Waals surface area contributed by atoms with E-state index in [1.54, 1.807) is 6.07 Å². The first-order valence-electron chi connectivity index (χ1n) is 6.00. The van der Waals surface area contributed by atoms with Crippen molar-refractivity contribution in [3.63, 3.8) is 0 Å². The first-order chi connectivity index (χ1) is 9.95. The second-order valence-electron chi connectivity index (χ2n) is 4.57. The van der Waals surface area contributed by atoms with Crippen molar-refractivity contribution in [2.45, 2.75) is 6.10 Å². The van der Waals surface area contributed by atoms with Crippen LogP contribution in [0.5, 0.6) is 0 Å². The summed E-state index contributed by atoms with van der Waals surface area (Å²) in [6.07, 6.45) is -1.47. The molecule has 1 heterocycles. The quantitative estimate of drug-likeness (QED) is 0.662. The summed E-state index contributed by atoms with van der Waals surface area (Å²) in [6, 6.07) is 6.69. The number of benzene rings is 2. The van der Waals surface area contributed by atoms with Crippen LogP contribution in [0.25, 0.3) is 11.0 Å². The third-order valence-corrected chi connectivity index (χ3v) is 3.63. The monoisotopic (exact) mass is 354 g/mol. The molecule has 3 N–H and O–H groups in total. The highest BCUT2D eigenvalue weighted by Crippen LogP contribution is 2.30. The fraction of sp³-hybridized carbons (Fsp3) is 0.0714. The van der Waals surface area contributed by atoms with Gasteiger partial charge in [0.25, 0.3) is 0 Å². The second-order valence-corrected chi connectivity index (χ2v) is 5.49. The molecule has 0 aliphatic heterocycles. The fourth-order valence-corrected chi connectivity index (χ4v) is 2.60. The number of hydrogen-bond donors (Lipinski definition) is 3. The third kappa shape index (κ3) is 2.50. The number of aromatic amines is 2. The van der Waals surface area contributed by atoms with Crippen LogP contribution < -0.4 is 5.69 Å². The van der Waals surface area contributed by atoms with Gasteiger partial charge in [0.15, 0.2) is 0 Å². The Kier molecular flexibility index (Phi) is 3.38. The lowest BCUT2D eigenvalue weighted by Crippen LogP contribution is -2.06. The molecule has 0 fully saturated rings. The highest BCUT2D eigenvalue weighted by molar-refractivity contribution is 9.10. The highest BCUT2D eigenvalue weighted by atomic mass is 79.9. The number of aliphatic hydroxyl groups is 1. The maximum atomic E-state index is 13.9. The third-order valence-electron chi connectivity index (χ3n) is 3.17. The first kappa shape index (κ1) is 14.0. The molecule has 0 radical (unpaired) electrons. The molecule has 1 unspecified atom stereocenters. The largest absolute Gasteiger partial charge is 0.383 e. The molecule has 2 aromatic carbocycles. The molecule has 21 heavy (non-hydrogen) atoms. The predicted octanol–water partition coefficient (Wildman–Crippen LogP) is 2.98. The Morgan fingerprint density at radius 2 is 1.67 bits per heavy atom. The number of aromatic nitrogens is 2. The van der Waals surface area contributed by atoms with E-state index in [1.807, 2.05) is 0 Å². The van der Waals surface area contributed by atoms with Gasteiger partial charge >= 0.3 is 5.69 Å². The van der Waals surface area contributed by atoms with Gasteiger partial charge in [0.05, 0.1) is 16.6 Å². The number of H-pyrrole nitrogens is 2. The molecule has 0 amide bonds. The molecular weight excluding hydrogens is 346 g/mol. The van der Waals surface area contributed by atoms with Crippen molar-refractivity contribution in [1.82, 2.24) is 9.97 Å². The molecule has 4 nitrogen and oxygen atoms in total. The summed E-state index contributed by atoms with van der Waals surface area (Å²) < 4.78 is 28.0. The minimum Gasteiger partial charge on any atom is -0.383 e. The Bertz CT molecular complexity index is 865. The van der Waals surface area contributed by atoms with Crippen LogP contribution in [-0.4, -0.2) is 15.1 Å². The number of imidazole rings is 1. The smallest absolute Gasteiger partial charge is 0.323 e. The maximum Gasteiger partial charge on any atom is 0.323 e. The van der Waals surface area contributed by atoms with Crippen LogP contribution in [0.4, 0.5) is 8.78 Å². The number of fused-ring (bicyclic) bond motifs is 1. The van der Waals surface area contributed by atoms with Crippen molar-refractivity contribution in [2.24, 2.45) is 0 Å². The lowest BCUT2D eigenvalue weighted by Gasteiger charge is -2.14. The van der Waals surface area contributed by atoms with Crippen LogP contribution in [0.2, 0.25) is 0 Å². The standard InChI is InChI=1S/C14H9BrF2N2O2/c15-7-4-8(16)12(9(17)5-7)13(20)6-1-2-10-11(3-6)19-14(21)18-10/h1-5,13,20H,(H2,18,19,21). The highest BCUT2D eigenvalue weighted by Gasteiger charge is 2.21. The van der Waals surface area contributed by atoms with E-state index < -0.39 is 29.0 Å². The molecule has 0 saturated carbocycles. The van der Waals surface area contributed by atoms with Crippen molar-refractivity contribution in [1.29, 1.82) is 0 Å². The van der Waals surface area contributed by atoms with Crippen LogP contribution in [0.1, 0.15) is 17.2 Å². The first-order valence-corrected chi connectivity index (χ1v) is 6.79. The van der Waals surface area contributed by atoms with E-state index in [0.717, 1.165) is 12.1 Å². The summed E-state index contributed by atoms with van der Waals surface area (Å²) in [5, 5.41) is 10.2. The molecule has 1 aromatic heterocycles. The number of halogens is 3. The van der Waals surface area contributed by atoms with Gasteiger partial charge in [0, 0.05) is 4.47 Å². The summed E-state index contributed by atoms with van der Waals surface area (Å²) in [4.78, 5) is 16.3. The average Bonchev–Trinajstić information content (AvgIpc) is 2.76. The summed E-state index contributed by atoms with van der Waals surface area (Å²) >= 11 is 2.98. The number of rotatable bonds is 2. The van der Waals surface area contributed by atoms with E-state index in [1.165, 1.54) is 12.1 Å². The summed E-state index contributed by atoms with van der Waals surface area (Å²) in [5.74, 6) is -1.70. The Morgan fingerprint density at radius 1 is 1.05 bits per heavy atom. The van der Waals surface area contributed by atoms with Crippen molar-refractivity contribution < 1.29 is 13.9 Å². The molecule has 0 aliphatic rings. The van der Waals surface area contributed by atoms with Crippen LogP contribution in [0.15, 0.2) is 39.6 Å². The fourth-order valence-electron chi connectivity index (χ4n) is 2.20. The van der Waals surface area contributed by atoms with Crippen molar-refractivity contribution in [3.05, 3.63) is 68.1 Å². The van der Waals surface area contributed by atoms with E-state index in [0.29, 0.717) is 11.0 Å². The predicted molar refractivity (Wildman–Crippen MR) is 77.0 cm³/mol. The van der Waals surface area contributed by atoms with Crippen LogP contribution in [0, 0.1) is 11.6 Å². The van der Waals surface area contributed by atoms with Gasteiger partial charge in [-0.25, -0.2) is 13.6 Å². The molecule has 3 aromatic rings. The number of hydrogen-bond acceptors (Lipinski definition) is 2. The molecule has 0 bridgehead atoms. The van der Waals surface area contributed by atoms with E-state index in [4.69, 9.17) is 0 Å². The molecule has 0 aliphatic carbocycles. The van der Waals surface area contributed by atoms with Crippen molar-refractivity contribution in [3.8, 4) is 0 Å². The molecule has 0 saturated heterocycles. The van der Waals surface area contributed by atoms with Crippen LogP contribution in [-0.2, 0) is 0 Å². The second kappa shape index (κ2) is 5.09.